The summed E-state index contributed by atoms with van der Waals surface area (Å²) in [5.74, 6) is -11.2. The lowest BCUT2D eigenvalue weighted by molar-refractivity contribution is -0.156. The van der Waals surface area contributed by atoms with Crippen molar-refractivity contribution in [3.8, 4) is 23.0 Å². The second-order valence-electron chi connectivity index (χ2n) is 20.7. The van der Waals surface area contributed by atoms with Gasteiger partial charge in [0.15, 0.2) is 11.6 Å². The maximum atomic E-state index is 16.1. The van der Waals surface area contributed by atoms with E-state index in [1.807, 2.05) is 0 Å². The molecule has 4 aromatic rings. The van der Waals surface area contributed by atoms with Crippen LogP contribution in [0.4, 0.5) is 15.8 Å². The number of anilines is 2. The first-order valence-corrected chi connectivity index (χ1v) is 25.3. The molecule has 1 saturated carbocycles. The minimum atomic E-state index is -2.17. The average molecular weight is 1070 g/mol. The minimum absolute atomic E-state index is 0.0203. The molecule has 6 heterocycles. The van der Waals surface area contributed by atoms with Gasteiger partial charge in [-0.1, -0.05) is 39.0 Å². The van der Waals surface area contributed by atoms with Gasteiger partial charge in [0.05, 0.1) is 82.5 Å². The number of aliphatic hydroxyl groups excluding tert-OH is 2. The van der Waals surface area contributed by atoms with E-state index in [1.165, 1.54) is 59.1 Å². The number of carboxylic acid groups (broad SMARTS) is 1. The summed E-state index contributed by atoms with van der Waals surface area (Å²) in [7, 11) is 1.37. The summed E-state index contributed by atoms with van der Waals surface area (Å²) in [6, 6.07) is -0.311. The number of carbonyl (C=O) groups is 4. The Morgan fingerprint density at radius 1 is 0.987 bits per heavy atom. The lowest BCUT2D eigenvalue weighted by Gasteiger charge is -2.37. The van der Waals surface area contributed by atoms with Crippen molar-refractivity contribution in [2.45, 2.75) is 123 Å². The Bertz CT molecular complexity index is 3280. The number of esters is 1. The van der Waals surface area contributed by atoms with Crippen LogP contribution in [0.1, 0.15) is 110 Å². The zero-order valence-electron chi connectivity index (χ0n) is 44.1. The fourth-order valence-electron chi connectivity index (χ4n) is 10.8. The van der Waals surface area contributed by atoms with Gasteiger partial charge in [-0.15, -0.1) is 0 Å². The first-order valence-electron chi connectivity index (χ1n) is 25.3. The number of aromatic carboxylic acids is 1. The number of pyridine rings is 2. The largest absolute Gasteiger partial charge is 0.507 e. The maximum absolute atomic E-state index is 16.1. The van der Waals surface area contributed by atoms with Crippen molar-refractivity contribution in [3.63, 3.8) is 0 Å². The Labute approximate surface area is 442 Å². The Morgan fingerprint density at radius 3 is 2.34 bits per heavy atom. The highest BCUT2D eigenvalue weighted by Gasteiger charge is 2.50. The molecule has 77 heavy (non-hydrogen) atoms. The number of methoxy groups -OCH3 is 1. The van der Waals surface area contributed by atoms with Crippen molar-refractivity contribution in [2.75, 3.05) is 30.4 Å². The number of aliphatic hydroxyl groups is 2. The van der Waals surface area contributed by atoms with Crippen LogP contribution in [0.2, 0.25) is 0 Å². The van der Waals surface area contributed by atoms with E-state index in [2.05, 4.69) is 15.8 Å². The number of carbonyl (C=O) groups excluding carboxylic acids is 3. The van der Waals surface area contributed by atoms with Gasteiger partial charge in [-0.2, -0.15) is 5.10 Å². The van der Waals surface area contributed by atoms with Gasteiger partial charge < -0.3 is 71.0 Å². The summed E-state index contributed by atoms with van der Waals surface area (Å²) in [6.45, 7) is 12.5. The molecule has 0 radical (unpaired) electrons. The standard InChI is InChI=1S/C55H65FN6O15/c1-23-11-10-12-24(2)52(70)59-41-34(20-58-60-31-15-17-61(21-31)43-26(4)42-32(30-13-14-30)19-33(54(72)73)53(71)62(42)22-35(43)56)47(67)37-38(48(41)68)45(65)28(6)49-39(37)51(69)55(8,77-49)75-18-16-36(74-9)25(3)50(76-29(7)63)40(57)46(66)27(5)44(23)64/h10-12,16,18-20,22-23,25,27,30-31,36,40,44,46,50,60,64-68H,13-15,17,21,57H2,1-9H3,(H,59,70)(H,72,73)/b11-10+,18-16+,24-12-,58-20+/t23-,25+,27+,31?,36-,40+,44-,46+,50+,55-/m0/s1. The summed E-state index contributed by atoms with van der Waals surface area (Å²) < 4.78 is 40.7. The molecule has 5 bridgehead atoms. The number of hydrazone groups is 1. The summed E-state index contributed by atoms with van der Waals surface area (Å²) in [4.78, 5) is 68.1. The number of ether oxygens (including phenoxy) is 4. The number of ketones is 1. The molecule has 1 amide bonds. The SMILES string of the molecule is CO[C@H]1/C=C/O[C@@]2(C)Oc3c(C)c(O)c4c(O)c(c(/C=N/NC5CCN(c6c(F)cn7c(=O)c(C(=O)O)cc(C8CC8)c7c6C)C5)c(O)c4c3C2=O)NC(=O)/C(C)=C\C=C\[C@H](C)[C@H](O)[C@@H](C)[C@@H](O)[C@@H](N)[C@H](OC(C)=O)[C@@H]1C. The van der Waals surface area contributed by atoms with Crippen LogP contribution >= 0.6 is 0 Å². The molecule has 4 aliphatic heterocycles. The maximum Gasteiger partial charge on any atom is 0.341 e. The number of phenolic OH excluding ortho intramolecular Hbond substituents is 3. The third-order valence-electron chi connectivity index (χ3n) is 15.4. The number of phenols is 3. The van der Waals surface area contributed by atoms with Crippen molar-refractivity contribution < 1.29 is 73.2 Å². The van der Waals surface area contributed by atoms with E-state index >= 15 is 4.39 Å². The molecule has 0 spiro atoms. The highest BCUT2D eigenvalue weighted by Crippen LogP contribution is 2.55. The van der Waals surface area contributed by atoms with Crippen LogP contribution in [0.25, 0.3) is 16.3 Å². The van der Waals surface area contributed by atoms with Gasteiger partial charge in [-0.3, -0.25) is 23.6 Å². The molecule has 22 heteroatoms. The van der Waals surface area contributed by atoms with Crippen molar-refractivity contribution in [1.29, 1.82) is 0 Å². The van der Waals surface area contributed by atoms with Crippen LogP contribution in [0.5, 0.6) is 23.0 Å². The number of carboxylic acids is 1. The molecule has 2 fully saturated rings. The molecule has 9 rings (SSSR count). The fraction of sp³-hybridized carbons (Fsp3) is 0.455. The van der Waals surface area contributed by atoms with Gasteiger partial charge in [0.2, 0.25) is 0 Å². The predicted octanol–water partition coefficient (Wildman–Crippen LogP) is 5.28. The van der Waals surface area contributed by atoms with Gasteiger partial charge in [0.1, 0.15) is 28.9 Å². The van der Waals surface area contributed by atoms with E-state index in [9.17, 15) is 54.6 Å². The normalized spacial score (nSPS) is 28.8. The minimum Gasteiger partial charge on any atom is -0.507 e. The van der Waals surface area contributed by atoms with Crippen LogP contribution < -0.4 is 31.7 Å². The van der Waals surface area contributed by atoms with Crippen LogP contribution in [0.3, 0.4) is 0 Å². The van der Waals surface area contributed by atoms with Gasteiger partial charge in [0, 0.05) is 68.3 Å². The van der Waals surface area contributed by atoms with E-state index in [1.54, 1.807) is 38.7 Å². The summed E-state index contributed by atoms with van der Waals surface area (Å²) in [6.07, 6.45) is 6.44. The molecule has 1 unspecified atom stereocenters. The van der Waals surface area contributed by atoms with Crippen molar-refractivity contribution >= 4 is 57.5 Å². The van der Waals surface area contributed by atoms with Crippen molar-refractivity contribution in [1.82, 2.24) is 9.83 Å². The number of nitrogens with two attached hydrogens (primary N) is 1. The van der Waals surface area contributed by atoms with E-state index in [4.69, 9.17) is 24.7 Å². The molecule has 10 N–H and O–H groups in total. The van der Waals surface area contributed by atoms with Crippen molar-refractivity contribution in [2.24, 2.45) is 28.6 Å². The molecule has 1 saturated heterocycles. The van der Waals surface area contributed by atoms with E-state index in [-0.39, 0.29) is 51.5 Å². The molecule has 2 aromatic carbocycles. The van der Waals surface area contributed by atoms with Crippen LogP contribution in [-0.4, -0.2) is 127 Å². The second kappa shape index (κ2) is 21.5. The third-order valence-corrected chi connectivity index (χ3v) is 15.4. The van der Waals surface area contributed by atoms with Crippen LogP contribution in [-0.2, 0) is 23.8 Å². The smallest absolute Gasteiger partial charge is 0.341 e. The molecule has 2 aromatic heterocycles. The number of rotatable bonds is 8. The van der Waals surface area contributed by atoms with Crippen LogP contribution in [0.15, 0.2) is 58.3 Å². The monoisotopic (exact) mass is 1070 g/mol. The number of allylic oxidation sites excluding steroid dienone is 2. The molecule has 21 nitrogen and oxygen atoms in total. The zero-order chi connectivity index (χ0) is 56.3. The molecular formula is C55H65FN6O15. The molecule has 5 aliphatic rings. The average Bonchev–Trinajstić information content (AvgIpc) is 4.19. The van der Waals surface area contributed by atoms with E-state index in [0.717, 1.165) is 35.9 Å². The van der Waals surface area contributed by atoms with E-state index in [0.29, 0.717) is 29.6 Å². The van der Waals surface area contributed by atoms with E-state index < -0.39 is 129 Å². The van der Waals surface area contributed by atoms with Gasteiger partial charge in [0.25, 0.3) is 17.2 Å². The number of nitrogens with zero attached hydrogens (tertiary/aromatic N) is 3. The number of aromatic nitrogens is 1. The topological polar surface area (TPSA) is 314 Å². The first kappa shape index (κ1) is 55.7. The predicted molar refractivity (Wildman–Crippen MR) is 281 cm³/mol. The quantitative estimate of drug-likeness (QED) is 0.0356. The summed E-state index contributed by atoms with van der Waals surface area (Å²) >= 11 is 0. The van der Waals surface area contributed by atoms with Gasteiger partial charge in [-0.25, -0.2) is 9.18 Å². The number of benzene rings is 2. The van der Waals surface area contributed by atoms with Crippen LogP contribution in [0, 0.1) is 37.4 Å². The number of aryl methyl sites for hydroxylation is 1. The number of amides is 1. The lowest BCUT2D eigenvalue weighted by Crippen LogP contribution is -2.55. The first-order chi connectivity index (χ1) is 36.3. The Balaban J connectivity index is 1.19. The Morgan fingerprint density at radius 2 is 1.69 bits per heavy atom. The summed E-state index contributed by atoms with van der Waals surface area (Å²) in [5.41, 5.74) is 9.10. The number of hydrogen-bond donors (Lipinski definition) is 9. The number of aromatic hydroxyl groups is 3. The molecule has 1 aliphatic carbocycles. The lowest BCUT2D eigenvalue weighted by atomic mass is 9.81. The number of nitrogens with one attached hydrogen (secondary N) is 2. The Hall–Kier alpha value is -7.53. The van der Waals surface area contributed by atoms with Gasteiger partial charge in [-0.05, 0) is 69.2 Å². The number of Topliss-reactive ketones (excluding diaryl/α,β-unsaturated/α-hetero) is 1. The number of hydrogen-bond acceptors (Lipinski definition) is 18. The highest BCUT2D eigenvalue weighted by molar-refractivity contribution is 6.24. The number of fused-ring (bicyclic) bond motifs is 15. The zero-order valence-corrected chi connectivity index (χ0v) is 44.1. The second-order valence-corrected chi connectivity index (χ2v) is 20.7. The summed E-state index contributed by atoms with van der Waals surface area (Å²) in [5, 5.41) is 75.1. The Kier molecular flexibility index (Phi) is 15.5. The molecular weight excluding hydrogens is 1000 g/mol. The van der Waals surface area contributed by atoms with Gasteiger partial charge >= 0.3 is 17.7 Å². The molecule has 10 atom stereocenters. The fourth-order valence-corrected chi connectivity index (χ4v) is 10.8. The number of halogens is 1. The highest BCUT2D eigenvalue weighted by atomic mass is 19.1. The third kappa shape index (κ3) is 10.2. The molecule has 412 valence electrons. The van der Waals surface area contributed by atoms with Crippen molar-refractivity contribution in [3.05, 3.63) is 98.0 Å².